The van der Waals surface area contributed by atoms with Crippen LogP contribution in [0.4, 0.5) is 5.69 Å². The first-order valence-electron chi connectivity index (χ1n) is 5.14. The minimum atomic E-state index is -0.467. The number of hydrogen-bond acceptors (Lipinski definition) is 4. The van der Waals surface area contributed by atoms with Gasteiger partial charge in [0.1, 0.15) is 0 Å². The van der Waals surface area contributed by atoms with Crippen LogP contribution < -0.4 is 0 Å². The molecule has 1 aromatic rings. The molecule has 0 spiro atoms. The van der Waals surface area contributed by atoms with Gasteiger partial charge in [0.05, 0.1) is 11.5 Å². The highest BCUT2D eigenvalue weighted by atomic mass is 16.6. The van der Waals surface area contributed by atoms with Crippen LogP contribution in [0.15, 0.2) is 29.8 Å². The van der Waals surface area contributed by atoms with Gasteiger partial charge in [-0.25, -0.2) is 4.79 Å². The van der Waals surface area contributed by atoms with Crippen molar-refractivity contribution < 1.29 is 14.5 Å². The van der Waals surface area contributed by atoms with Gasteiger partial charge in [0.15, 0.2) is 0 Å². The fourth-order valence-corrected chi connectivity index (χ4v) is 1.25. The molecule has 1 aromatic carbocycles. The van der Waals surface area contributed by atoms with E-state index in [9.17, 15) is 14.9 Å². The molecule has 0 bridgehead atoms. The van der Waals surface area contributed by atoms with E-state index in [1.165, 1.54) is 12.1 Å². The number of esters is 1. The first-order chi connectivity index (χ1) is 8.04. The van der Waals surface area contributed by atoms with Crippen molar-refractivity contribution in [3.63, 3.8) is 0 Å². The number of nitro benzene ring substituents is 1. The average molecular weight is 235 g/mol. The van der Waals surface area contributed by atoms with Crippen molar-refractivity contribution in [2.24, 2.45) is 0 Å². The van der Waals surface area contributed by atoms with Crippen LogP contribution >= 0.6 is 0 Å². The quantitative estimate of drug-likeness (QED) is 0.348. The normalized spacial score (nSPS) is 11.1. The van der Waals surface area contributed by atoms with Crippen molar-refractivity contribution in [1.82, 2.24) is 0 Å². The van der Waals surface area contributed by atoms with Crippen LogP contribution in [-0.4, -0.2) is 17.5 Å². The molecule has 17 heavy (non-hydrogen) atoms. The summed E-state index contributed by atoms with van der Waals surface area (Å²) in [5.74, 6) is -0.383. The van der Waals surface area contributed by atoms with E-state index in [1.807, 2.05) is 0 Å². The third-order valence-corrected chi connectivity index (χ3v) is 2.08. The van der Waals surface area contributed by atoms with Gasteiger partial charge in [-0.3, -0.25) is 10.1 Å². The Morgan fingerprint density at radius 1 is 1.41 bits per heavy atom. The summed E-state index contributed by atoms with van der Waals surface area (Å²) in [5, 5.41) is 10.4. The molecule has 0 amide bonds. The highest BCUT2D eigenvalue weighted by Gasteiger charge is 2.06. The van der Waals surface area contributed by atoms with Crippen molar-refractivity contribution in [2.45, 2.75) is 13.8 Å². The van der Waals surface area contributed by atoms with Gasteiger partial charge in [-0.2, -0.15) is 0 Å². The van der Waals surface area contributed by atoms with Gasteiger partial charge in [0.2, 0.25) is 0 Å². The summed E-state index contributed by atoms with van der Waals surface area (Å²) in [7, 11) is 0. The van der Waals surface area contributed by atoms with Crippen LogP contribution in [0.5, 0.6) is 0 Å². The van der Waals surface area contributed by atoms with Crippen molar-refractivity contribution in [3.05, 3.63) is 45.5 Å². The number of carbonyl (C=O) groups is 1. The number of nitro groups is 1. The monoisotopic (exact) mass is 235 g/mol. The molecule has 0 aliphatic heterocycles. The van der Waals surface area contributed by atoms with Gasteiger partial charge < -0.3 is 4.74 Å². The molecular weight excluding hydrogens is 222 g/mol. The Morgan fingerprint density at radius 2 is 2.00 bits per heavy atom. The molecule has 0 aliphatic carbocycles. The number of carbonyl (C=O) groups excluding carboxylic acids is 1. The summed E-state index contributed by atoms with van der Waals surface area (Å²) in [4.78, 5) is 21.3. The Balaban J connectivity index is 2.84. The van der Waals surface area contributed by atoms with E-state index < -0.39 is 4.92 Å². The van der Waals surface area contributed by atoms with Gasteiger partial charge >= 0.3 is 5.97 Å². The summed E-state index contributed by atoms with van der Waals surface area (Å²) < 4.78 is 4.82. The van der Waals surface area contributed by atoms with Crippen LogP contribution in [0.1, 0.15) is 19.4 Å². The van der Waals surface area contributed by atoms with Gasteiger partial charge in [0, 0.05) is 17.7 Å². The fourth-order valence-electron chi connectivity index (χ4n) is 1.25. The van der Waals surface area contributed by atoms with Gasteiger partial charge in [0.25, 0.3) is 5.69 Å². The third kappa shape index (κ3) is 3.71. The summed E-state index contributed by atoms with van der Waals surface area (Å²) in [6, 6.07) is 5.95. The molecule has 0 unspecified atom stereocenters. The lowest BCUT2D eigenvalue weighted by Crippen LogP contribution is -2.04. The Kier molecular flexibility index (Phi) is 4.39. The maximum Gasteiger partial charge on any atom is 0.333 e. The molecule has 0 heterocycles. The number of benzene rings is 1. The minimum Gasteiger partial charge on any atom is -0.463 e. The zero-order valence-corrected chi connectivity index (χ0v) is 9.67. The summed E-state index contributed by atoms with van der Waals surface area (Å²) in [6.45, 7) is 3.70. The van der Waals surface area contributed by atoms with Crippen LogP contribution in [0.3, 0.4) is 0 Å². The average Bonchev–Trinajstić information content (AvgIpc) is 2.30. The van der Waals surface area contributed by atoms with Crippen molar-refractivity contribution in [1.29, 1.82) is 0 Å². The summed E-state index contributed by atoms with van der Waals surface area (Å²) in [5.41, 5.74) is 1.21. The van der Waals surface area contributed by atoms with Crippen molar-refractivity contribution >= 4 is 17.7 Å². The molecule has 0 aromatic heterocycles. The summed E-state index contributed by atoms with van der Waals surface area (Å²) in [6.07, 6.45) is 1.63. The van der Waals surface area contributed by atoms with Gasteiger partial charge in [-0.1, -0.05) is 0 Å². The Hall–Kier alpha value is -2.17. The number of rotatable bonds is 4. The van der Waals surface area contributed by atoms with Crippen LogP contribution in [0.2, 0.25) is 0 Å². The molecule has 0 saturated heterocycles. The minimum absolute atomic E-state index is 0.0240. The first-order valence-corrected chi connectivity index (χ1v) is 5.14. The van der Waals surface area contributed by atoms with E-state index in [4.69, 9.17) is 4.74 Å². The van der Waals surface area contributed by atoms with Crippen molar-refractivity contribution in [3.8, 4) is 0 Å². The number of nitrogens with zero attached hydrogens (tertiary/aromatic N) is 1. The Labute approximate surface area is 98.9 Å². The zero-order valence-electron chi connectivity index (χ0n) is 9.67. The van der Waals surface area contributed by atoms with E-state index in [0.717, 1.165) is 5.56 Å². The molecule has 5 heteroatoms. The Bertz CT molecular complexity index is 448. The van der Waals surface area contributed by atoms with E-state index in [0.29, 0.717) is 12.2 Å². The largest absolute Gasteiger partial charge is 0.463 e. The molecule has 0 saturated carbocycles. The SMILES string of the molecule is CCOC(=O)/C(C)=C\c1ccc([N+](=O)[O-])cc1. The number of non-ortho nitro benzene ring substituents is 1. The standard InChI is InChI=1S/C12H13NO4/c1-3-17-12(14)9(2)8-10-4-6-11(7-5-10)13(15)16/h4-8H,3H2,1-2H3/b9-8-. The predicted molar refractivity (Wildman–Crippen MR) is 63.4 cm³/mol. The second kappa shape index (κ2) is 5.79. The van der Waals surface area contributed by atoms with E-state index in [1.54, 1.807) is 32.1 Å². The van der Waals surface area contributed by atoms with Crippen LogP contribution in [0, 0.1) is 10.1 Å². The third-order valence-electron chi connectivity index (χ3n) is 2.08. The second-order valence-corrected chi connectivity index (χ2v) is 3.40. The lowest BCUT2D eigenvalue weighted by Gasteiger charge is -2.01. The fraction of sp³-hybridized carbons (Fsp3) is 0.250. The molecule has 0 N–H and O–H groups in total. The first kappa shape index (κ1) is 12.9. The zero-order chi connectivity index (χ0) is 12.8. The van der Waals surface area contributed by atoms with Crippen LogP contribution in [0.25, 0.3) is 6.08 Å². The molecule has 0 radical (unpaired) electrons. The lowest BCUT2D eigenvalue weighted by atomic mass is 10.1. The molecular formula is C12H13NO4. The molecule has 90 valence electrons. The van der Waals surface area contributed by atoms with Gasteiger partial charge in [-0.15, -0.1) is 0 Å². The molecule has 0 fully saturated rings. The lowest BCUT2D eigenvalue weighted by molar-refractivity contribution is -0.384. The topological polar surface area (TPSA) is 69.4 Å². The maximum atomic E-state index is 11.3. The molecule has 0 atom stereocenters. The van der Waals surface area contributed by atoms with Crippen LogP contribution in [-0.2, 0) is 9.53 Å². The number of hydrogen-bond donors (Lipinski definition) is 0. The number of ether oxygens (including phenoxy) is 1. The van der Waals surface area contributed by atoms with Gasteiger partial charge in [-0.05, 0) is 37.6 Å². The predicted octanol–water partition coefficient (Wildman–Crippen LogP) is 2.56. The Morgan fingerprint density at radius 3 is 2.47 bits per heavy atom. The maximum absolute atomic E-state index is 11.3. The smallest absolute Gasteiger partial charge is 0.333 e. The highest BCUT2D eigenvalue weighted by molar-refractivity contribution is 5.92. The van der Waals surface area contributed by atoms with E-state index in [2.05, 4.69) is 0 Å². The second-order valence-electron chi connectivity index (χ2n) is 3.40. The van der Waals surface area contributed by atoms with E-state index in [-0.39, 0.29) is 11.7 Å². The molecule has 5 nitrogen and oxygen atoms in total. The summed E-state index contributed by atoms with van der Waals surface area (Å²) >= 11 is 0. The highest BCUT2D eigenvalue weighted by Crippen LogP contribution is 2.14. The van der Waals surface area contributed by atoms with Crippen molar-refractivity contribution in [2.75, 3.05) is 6.61 Å². The molecule has 0 aliphatic rings. The van der Waals surface area contributed by atoms with E-state index >= 15 is 0 Å². The molecule has 1 rings (SSSR count).